The van der Waals surface area contributed by atoms with Crippen molar-refractivity contribution in [3.8, 4) is 17.2 Å². The van der Waals surface area contributed by atoms with Gasteiger partial charge in [0, 0.05) is 23.2 Å². The third kappa shape index (κ3) is 39.3. The van der Waals surface area contributed by atoms with Crippen LogP contribution in [0.3, 0.4) is 0 Å². The van der Waals surface area contributed by atoms with Gasteiger partial charge in [-0.25, -0.2) is 4.79 Å². The molecule has 470 valence electrons. The molecule has 0 unspecified atom stereocenters. The first-order chi connectivity index (χ1) is 40.3. The highest BCUT2D eigenvalue weighted by Gasteiger charge is 2.25. The summed E-state index contributed by atoms with van der Waals surface area (Å²) < 4.78 is 30.0. The van der Waals surface area contributed by atoms with E-state index >= 15 is 0 Å². The van der Waals surface area contributed by atoms with E-state index < -0.39 is 23.9 Å². The number of rotatable bonds is 58. The Morgan fingerprint density at radius 3 is 1.05 bits per heavy atom. The lowest BCUT2D eigenvalue weighted by molar-refractivity contribution is -0.146. The number of hydrogen-bond donors (Lipinski definition) is 2. The van der Waals surface area contributed by atoms with Gasteiger partial charge in [0.2, 0.25) is 5.75 Å². The zero-order chi connectivity index (χ0) is 59.2. The van der Waals surface area contributed by atoms with Crippen LogP contribution >= 0.6 is 0 Å². The molecule has 11 nitrogen and oxygen atoms in total. The summed E-state index contributed by atoms with van der Waals surface area (Å²) in [6.07, 6.45) is 53.9. The fourth-order valence-electron chi connectivity index (χ4n) is 10.6. The molecule has 2 amide bonds. The third-order valence-electron chi connectivity index (χ3n) is 15.8. The number of carbonyl (C=O) groups is 4. The molecule has 0 radical (unpaired) electrons. The van der Waals surface area contributed by atoms with Gasteiger partial charge in [0.05, 0.1) is 33.0 Å². The Kier molecular flexibility index (Phi) is 48.1. The molecule has 0 heterocycles. The minimum Gasteiger partial charge on any atom is -0.490 e. The lowest BCUT2D eigenvalue weighted by Gasteiger charge is -2.19. The second-order valence-electron chi connectivity index (χ2n) is 23.3. The standard InChI is InChI=1S/C71H122N2O9/c1-6-11-14-17-20-23-26-29-32-35-38-41-44-47-56-80-65-59-62(70(76)72-63-52-50-61(51-53-63)69(75)73-64(71(77)79-10-5)54-55-67(74)78-9-4)60-66(81-57-48-45-42-39-36-33-30-27-24-21-18-15-12-7-2)68(65)82-58-49-46-43-40-37-34-31-28-25-22-19-16-13-8-3/h50-53,59-60,64H,6-49,54-58H2,1-5H3,(H,72,76)(H,73,75)/t64-/m0/s1. The first-order valence-electron chi connectivity index (χ1n) is 34.4. The van der Waals surface area contributed by atoms with Crippen LogP contribution in [0.15, 0.2) is 36.4 Å². The van der Waals surface area contributed by atoms with Crippen molar-refractivity contribution in [3.05, 3.63) is 47.5 Å². The van der Waals surface area contributed by atoms with Gasteiger partial charge in [0.25, 0.3) is 11.8 Å². The first kappa shape index (κ1) is 73.8. The van der Waals surface area contributed by atoms with Crippen LogP contribution in [0.4, 0.5) is 5.69 Å². The van der Waals surface area contributed by atoms with E-state index in [0.29, 0.717) is 48.3 Å². The van der Waals surface area contributed by atoms with E-state index in [1.54, 1.807) is 50.2 Å². The molecule has 2 aromatic rings. The van der Waals surface area contributed by atoms with Gasteiger partial charge in [0.15, 0.2) is 11.5 Å². The van der Waals surface area contributed by atoms with Crippen molar-refractivity contribution in [1.82, 2.24) is 5.32 Å². The van der Waals surface area contributed by atoms with Crippen LogP contribution in [0.1, 0.15) is 338 Å². The normalized spacial score (nSPS) is 11.6. The Morgan fingerprint density at radius 1 is 0.378 bits per heavy atom. The number of carbonyl (C=O) groups excluding carboxylic acids is 4. The highest BCUT2D eigenvalue weighted by Crippen LogP contribution is 2.40. The second-order valence-corrected chi connectivity index (χ2v) is 23.3. The molecule has 2 rings (SSSR count). The third-order valence-corrected chi connectivity index (χ3v) is 15.8. The van der Waals surface area contributed by atoms with Gasteiger partial charge in [0.1, 0.15) is 6.04 Å². The van der Waals surface area contributed by atoms with Crippen molar-refractivity contribution in [2.24, 2.45) is 0 Å². The number of ether oxygens (including phenoxy) is 5. The van der Waals surface area contributed by atoms with Crippen LogP contribution in [-0.2, 0) is 19.1 Å². The summed E-state index contributed by atoms with van der Waals surface area (Å²) >= 11 is 0. The number of nitrogens with one attached hydrogen (secondary N) is 2. The van der Waals surface area contributed by atoms with Crippen molar-refractivity contribution in [2.75, 3.05) is 38.4 Å². The molecule has 0 bridgehead atoms. The van der Waals surface area contributed by atoms with E-state index in [-0.39, 0.29) is 37.5 Å². The molecule has 1 atom stereocenters. The number of esters is 2. The van der Waals surface area contributed by atoms with E-state index in [1.165, 1.54) is 231 Å². The molecule has 0 fully saturated rings. The quantitative estimate of drug-likeness (QED) is 0.0490. The van der Waals surface area contributed by atoms with Crippen molar-refractivity contribution < 1.29 is 42.9 Å². The second kappa shape index (κ2) is 53.4. The van der Waals surface area contributed by atoms with Gasteiger partial charge in [-0.2, -0.15) is 0 Å². The fraction of sp³-hybridized carbons (Fsp3) is 0.775. The molecule has 2 N–H and O–H groups in total. The van der Waals surface area contributed by atoms with Gasteiger partial charge >= 0.3 is 11.9 Å². The highest BCUT2D eigenvalue weighted by atomic mass is 16.5. The van der Waals surface area contributed by atoms with Crippen LogP contribution in [0.25, 0.3) is 0 Å². The Balaban J connectivity index is 2.17. The van der Waals surface area contributed by atoms with E-state index in [9.17, 15) is 19.2 Å². The van der Waals surface area contributed by atoms with Crippen molar-refractivity contribution >= 4 is 29.4 Å². The SMILES string of the molecule is CCCCCCCCCCCCCCCCOc1cc(C(=O)Nc2ccc(C(=O)N[C@@H](CCC(=O)OCC)C(=O)OCC)cc2)cc(OCCCCCCCCCCCCCCCC)c1OCCCCCCCCCCCCCCCC. The first-order valence-corrected chi connectivity index (χ1v) is 34.4. The maximum absolute atomic E-state index is 14.2. The van der Waals surface area contributed by atoms with Crippen molar-refractivity contribution in [1.29, 1.82) is 0 Å². The predicted octanol–water partition coefficient (Wildman–Crippen LogP) is 20.5. The van der Waals surface area contributed by atoms with Crippen LogP contribution in [0.5, 0.6) is 17.2 Å². The minimum atomic E-state index is -1.03. The van der Waals surface area contributed by atoms with Crippen LogP contribution < -0.4 is 24.8 Å². The zero-order valence-electron chi connectivity index (χ0n) is 53.4. The highest BCUT2D eigenvalue weighted by molar-refractivity contribution is 6.05. The summed E-state index contributed by atoms with van der Waals surface area (Å²) in [4.78, 5) is 52.4. The van der Waals surface area contributed by atoms with E-state index in [2.05, 4.69) is 31.4 Å². The van der Waals surface area contributed by atoms with Gasteiger partial charge in [-0.1, -0.05) is 271 Å². The predicted molar refractivity (Wildman–Crippen MR) is 342 cm³/mol. The smallest absolute Gasteiger partial charge is 0.328 e. The fourth-order valence-corrected chi connectivity index (χ4v) is 10.6. The maximum Gasteiger partial charge on any atom is 0.328 e. The number of benzene rings is 2. The number of unbranched alkanes of at least 4 members (excludes halogenated alkanes) is 39. The monoisotopic (exact) mass is 1150 g/mol. The number of hydrogen-bond acceptors (Lipinski definition) is 9. The lowest BCUT2D eigenvalue weighted by atomic mass is 10.0. The summed E-state index contributed by atoms with van der Waals surface area (Å²) in [5.41, 5.74) is 1.15. The summed E-state index contributed by atoms with van der Waals surface area (Å²) in [5.74, 6) is -0.321. The molecule has 0 aliphatic carbocycles. The molecule has 0 aliphatic heterocycles. The molecule has 0 saturated carbocycles. The van der Waals surface area contributed by atoms with Crippen molar-refractivity contribution in [2.45, 2.75) is 323 Å². The topological polar surface area (TPSA) is 138 Å². The Hall–Kier alpha value is -4.28. The van der Waals surface area contributed by atoms with Gasteiger partial charge in [-0.05, 0) is 75.9 Å². The Bertz CT molecular complexity index is 1800. The van der Waals surface area contributed by atoms with E-state index in [4.69, 9.17) is 23.7 Å². The van der Waals surface area contributed by atoms with Crippen molar-refractivity contribution in [3.63, 3.8) is 0 Å². The largest absolute Gasteiger partial charge is 0.490 e. The lowest BCUT2D eigenvalue weighted by Crippen LogP contribution is -2.42. The summed E-state index contributed by atoms with van der Waals surface area (Å²) in [7, 11) is 0. The Labute approximate surface area is 501 Å². The molecular formula is C71H122N2O9. The molecule has 0 saturated heterocycles. The van der Waals surface area contributed by atoms with E-state index in [1.807, 2.05) is 0 Å². The molecule has 0 spiro atoms. The average Bonchev–Trinajstić information content (AvgIpc) is 3.52. The molecular weight excluding hydrogens is 1020 g/mol. The summed E-state index contributed by atoms with van der Waals surface area (Å²) in [6, 6.07) is 9.02. The molecule has 11 heteroatoms. The van der Waals surface area contributed by atoms with Gasteiger partial charge in [-0.15, -0.1) is 0 Å². The summed E-state index contributed by atoms with van der Waals surface area (Å²) in [6.45, 7) is 12.2. The van der Waals surface area contributed by atoms with Gasteiger partial charge in [-0.3, -0.25) is 14.4 Å². The van der Waals surface area contributed by atoms with Crippen LogP contribution in [0.2, 0.25) is 0 Å². The molecule has 0 aliphatic rings. The minimum absolute atomic E-state index is 0.0388. The molecule has 0 aromatic heterocycles. The van der Waals surface area contributed by atoms with E-state index in [0.717, 1.165) is 38.5 Å². The van der Waals surface area contributed by atoms with Crippen LogP contribution in [0, 0.1) is 0 Å². The van der Waals surface area contributed by atoms with Gasteiger partial charge < -0.3 is 34.3 Å². The number of amides is 2. The summed E-state index contributed by atoms with van der Waals surface area (Å²) in [5, 5.41) is 5.72. The molecule has 82 heavy (non-hydrogen) atoms. The molecule has 2 aromatic carbocycles. The zero-order valence-corrected chi connectivity index (χ0v) is 53.4. The Morgan fingerprint density at radius 2 is 0.707 bits per heavy atom. The number of anilines is 1. The average molecular weight is 1150 g/mol. The van der Waals surface area contributed by atoms with Crippen LogP contribution in [-0.4, -0.2) is 62.8 Å². The maximum atomic E-state index is 14.2.